The summed E-state index contributed by atoms with van der Waals surface area (Å²) in [4.78, 5) is 36.3. The Balaban J connectivity index is 2.34. The lowest BCUT2D eigenvalue weighted by molar-refractivity contribution is -0.167. The quantitative estimate of drug-likeness (QED) is 0.384. The third-order valence-electron chi connectivity index (χ3n) is 3.90. The Bertz CT molecular complexity index is 788. The molecule has 0 unspecified atom stereocenters. The van der Waals surface area contributed by atoms with E-state index in [0.717, 1.165) is 0 Å². The minimum atomic E-state index is -1.97. The molecule has 28 heavy (non-hydrogen) atoms. The van der Waals surface area contributed by atoms with Crippen LogP contribution in [0.5, 0.6) is 11.5 Å². The van der Waals surface area contributed by atoms with Gasteiger partial charge in [-0.3, -0.25) is 4.79 Å². The number of esters is 2. The van der Waals surface area contributed by atoms with Gasteiger partial charge in [0.1, 0.15) is 11.5 Å². The summed E-state index contributed by atoms with van der Waals surface area (Å²) < 4.78 is 15.9. The van der Waals surface area contributed by atoms with Crippen LogP contribution in [0.3, 0.4) is 0 Å². The fourth-order valence-corrected chi connectivity index (χ4v) is 2.66. The van der Waals surface area contributed by atoms with Crippen LogP contribution in [0.2, 0.25) is 0 Å². The Morgan fingerprint density at radius 2 is 1.54 bits per heavy atom. The van der Waals surface area contributed by atoms with E-state index in [0.29, 0.717) is 17.1 Å². The number of hydrogen-bond donors (Lipinski definition) is 1. The molecular weight excluding hydrogens is 362 g/mol. The second-order valence-electron chi connectivity index (χ2n) is 5.85. The van der Waals surface area contributed by atoms with Gasteiger partial charge in [-0.1, -0.05) is 30.3 Å². The Labute approximate surface area is 163 Å². The van der Waals surface area contributed by atoms with Crippen molar-refractivity contribution >= 4 is 18.3 Å². The maximum absolute atomic E-state index is 12.6. The van der Waals surface area contributed by atoms with Crippen molar-refractivity contribution in [1.82, 2.24) is 5.32 Å². The zero-order valence-electron chi connectivity index (χ0n) is 15.8. The first-order valence-electron chi connectivity index (χ1n) is 8.93. The molecule has 1 amide bonds. The maximum atomic E-state index is 12.6. The van der Waals surface area contributed by atoms with E-state index in [-0.39, 0.29) is 26.0 Å². The maximum Gasteiger partial charge on any atom is 0.344 e. The molecular formula is C21H23NO6. The van der Waals surface area contributed by atoms with Gasteiger partial charge in [0, 0.05) is 6.42 Å². The first-order valence-corrected chi connectivity index (χ1v) is 8.93. The van der Waals surface area contributed by atoms with E-state index in [2.05, 4.69) is 5.32 Å². The number of carbonyl (C=O) groups is 3. The highest BCUT2D eigenvalue weighted by Crippen LogP contribution is 2.25. The average molecular weight is 385 g/mol. The van der Waals surface area contributed by atoms with Gasteiger partial charge < -0.3 is 19.5 Å². The molecule has 0 bridgehead atoms. The van der Waals surface area contributed by atoms with Crippen molar-refractivity contribution < 1.29 is 28.6 Å². The van der Waals surface area contributed by atoms with Gasteiger partial charge in [0.2, 0.25) is 11.9 Å². The Morgan fingerprint density at radius 3 is 2.11 bits per heavy atom. The van der Waals surface area contributed by atoms with Crippen LogP contribution in [0.15, 0.2) is 54.6 Å². The van der Waals surface area contributed by atoms with E-state index < -0.39 is 17.5 Å². The Hall–Kier alpha value is -3.35. The molecule has 2 aromatic carbocycles. The first-order chi connectivity index (χ1) is 13.6. The van der Waals surface area contributed by atoms with Gasteiger partial charge in [-0.15, -0.1) is 0 Å². The summed E-state index contributed by atoms with van der Waals surface area (Å²) in [5.74, 6) is -0.589. The minimum absolute atomic E-state index is 0.0533. The van der Waals surface area contributed by atoms with Crippen LogP contribution in [0.25, 0.3) is 0 Å². The van der Waals surface area contributed by atoms with Crippen molar-refractivity contribution in [1.29, 1.82) is 0 Å². The summed E-state index contributed by atoms with van der Waals surface area (Å²) in [6, 6.07) is 16.1. The third-order valence-corrected chi connectivity index (χ3v) is 3.90. The lowest BCUT2D eigenvalue weighted by Gasteiger charge is -2.28. The fraction of sp³-hybridized carbons (Fsp3) is 0.286. The van der Waals surface area contributed by atoms with Crippen molar-refractivity contribution in [2.45, 2.75) is 25.8 Å². The smallest absolute Gasteiger partial charge is 0.344 e. The van der Waals surface area contributed by atoms with E-state index in [1.54, 1.807) is 38.1 Å². The van der Waals surface area contributed by atoms with Gasteiger partial charge in [0.25, 0.3) is 0 Å². The van der Waals surface area contributed by atoms with E-state index in [9.17, 15) is 14.4 Å². The van der Waals surface area contributed by atoms with Gasteiger partial charge in [-0.2, -0.15) is 0 Å². The lowest BCUT2D eigenvalue weighted by atomic mass is 9.90. The number of benzene rings is 2. The number of nitrogens with one attached hydrogen (secondary N) is 1. The average Bonchev–Trinajstić information content (AvgIpc) is 2.69. The normalized spacial score (nSPS) is 10.6. The van der Waals surface area contributed by atoms with Gasteiger partial charge in [-0.25, -0.2) is 9.59 Å². The van der Waals surface area contributed by atoms with E-state index in [1.807, 2.05) is 30.3 Å². The van der Waals surface area contributed by atoms with Crippen molar-refractivity contribution in [2.75, 3.05) is 13.2 Å². The summed E-state index contributed by atoms with van der Waals surface area (Å²) in [6.45, 7) is 3.33. The molecule has 148 valence electrons. The first kappa shape index (κ1) is 21.0. The minimum Gasteiger partial charge on any atom is -0.464 e. The highest BCUT2D eigenvalue weighted by atomic mass is 16.6. The summed E-state index contributed by atoms with van der Waals surface area (Å²) in [6.07, 6.45) is 0.146. The molecule has 7 heteroatoms. The second kappa shape index (κ2) is 10.1. The second-order valence-corrected chi connectivity index (χ2v) is 5.85. The molecule has 0 heterocycles. The molecule has 0 saturated carbocycles. The monoisotopic (exact) mass is 385 g/mol. The van der Waals surface area contributed by atoms with Crippen LogP contribution in [0.1, 0.15) is 19.4 Å². The molecule has 2 rings (SSSR count). The van der Waals surface area contributed by atoms with Crippen molar-refractivity contribution in [3.63, 3.8) is 0 Å². The van der Waals surface area contributed by atoms with Crippen LogP contribution in [-0.2, 0) is 30.3 Å². The molecule has 0 saturated heterocycles. The summed E-state index contributed by atoms with van der Waals surface area (Å²) in [7, 11) is 0. The Kier molecular flexibility index (Phi) is 7.56. The summed E-state index contributed by atoms with van der Waals surface area (Å²) >= 11 is 0. The molecule has 0 spiro atoms. The van der Waals surface area contributed by atoms with E-state index >= 15 is 0 Å². The molecule has 0 atom stereocenters. The largest absolute Gasteiger partial charge is 0.464 e. The lowest BCUT2D eigenvalue weighted by Crippen LogP contribution is -2.60. The number of para-hydroxylation sites is 1. The van der Waals surface area contributed by atoms with Crippen LogP contribution in [-0.4, -0.2) is 37.1 Å². The van der Waals surface area contributed by atoms with Crippen LogP contribution in [0, 0.1) is 0 Å². The molecule has 0 aliphatic carbocycles. The van der Waals surface area contributed by atoms with Crippen molar-refractivity contribution in [3.05, 3.63) is 60.2 Å². The number of hydrogen-bond acceptors (Lipinski definition) is 6. The summed E-state index contributed by atoms with van der Waals surface area (Å²) in [5, 5.41) is 2.31. The van der Waals surface area contributed by atoms with Crippen molar-refractivity contribution in [2.24, 2.45) is 0 Å². The standard InChI is InChI=1S/C21H23NO6/c1-3-26-19(24)21(22-15-23,20(25)27-4-2)14-16-9-8-12-18(13-16)28-17-10-6-5-7-11-17/h5-13,15H,3-4,14H2,1-2H3,(H,22,23). The number of amides is 1. The molecule has 2 aromatic rings. The molecule has 0 radical (unpaired) electrons. The molecule has 0 aliphatic rings. The molecule has 1 N–H and O–H groups in total. The predicted octanol–water partition coefficient (Wildman–Crippen LogP) is 2.63. The Morgan fingerprint density at radius 1 is 0.929 bits per heavy atom. The van der Waals surface area contributed by atoms with Gasteiger partial charge in [-0.05, 0) is 43.7 Å². The highest BCUT2D eigenvalue weighted by molar-refractivity contribution is 6.06. The number of ether oxygens (including phenoxy) is 3. The van der Waals surface area contributed by atoms with E-state index in [1.165, 1.54) is 0 Å². The predicted molar refractivity (Wildman–Crippen MR) is 102 cm³/mol. The zero-order chi connectivity index (χ0) is 20.4. The molecule has 0 aliphatic heterocycles. The van der Waals surface area contributed by atoms with Gasteiger partial charge in [0.15, 0.2) is 0 Å². The molecule has 0 fully saturated rings. The van der Waals surface area contributed by atoms with Crippen molar-refractivity contribution in [3.8, 4) is 11.5 Å². The van der Waals surface area contributed by atoms with E-state index in [4.69, 9.17) is 14.2 Å². The van der Waals surface area contributed by atoms with Crippen LogP contribution < -0.4 is 10.1 Å². The number of carbonyl (C=O) groups excluding carboxylic acids is 3. The van der Waals surface area contributed by atoms with Crippen LogP contribution in [0.4, 0.5) is 0 Å². The summed E-state index contributed by atoms with van der Waals surface area (Å²) in [5.41, 5.74) is -1.39. The zero-order valence-corrected chi connectivity index (χ0v) is 15.8. The SMILES string of the molecule is CCOC(=O)C(Cc1cccc(Oc2ccccc2)c1)(NC=O)C(=O)OCC. The van der Waals surface area contributed by atoms with Gasteiger partial charge in [0.05, 0.1) is 13.2 Å². The molecule has 7 nitrogen and oxygen atoms in total. The van der Waals surface area contributed by atoms with Gasteiger partial charge >= 0.3 is 11.9 Å². The third kappa shape index (κ3) is 5.09. The highest BCUT2D eigenvalue weighted by Gasteiger charge is 2.49. The molecule has 0 aromatic heterocycles. The topological polar surface area (TPSA) is 90.9 Å². The fourth-order valence-electron chi connectivity index (χ4n) is 2.66. The number of rotatable bonds is 10. The van der Waals surface area contributed by atoms with Crippen LogP contribution >= 0.6 is 0 Å².